The number of carboxylic acid groups (broad SMARTS) is 1. The van der Waals surface area contributed by atoms with Crippen LogP contribution >= 0.6 is 0 Å². The minimum atomic E-state index is -1.06. The molecule has 0 bridgehead atoms. The Hall–Kier alpha value is -2.96. The zero-order valence-corrected chi connectivity index (χ0v) is 14.2. The van der Waals surface area contributed by atoms with Gasteiger partial charge in [0.2, 0.25) is 0 Å². The van der Waals surface area contributed by atoms with Crippen molar-refractivity contribution in [3.63, 3.8) is 0 Å². The number of carboxylic acids is 1. The van der Waals surface area contributed by atoms with Crippen LogP contribution in [0.25, 0.3) is 0 Å². The van der Waals surface area contributed by atoms with E-state index in [2.05, 4.69) is 0 Å². The van der Waals surface area contributed by atoms with E-state index >= 15 is 0 Å². The van der Waals surface area contributed by atoms with Gasteiger partial charge in [-0.2, -0.15) is 0 Å². The van der Waals surface area contributed by atoms with Gasteiger partial charge in [-0.15, -0.1) is 0 Å². The van der Waals surface area contributed by atoms with Crippen LogP contribution in [-0.4, -0.2) is 35.0 Å². The Balaban J connectivity index is 2.04. The third-order valence-corrected chi connectivity index (χ3v) is 3.69. The van der Waals surface area contributed by atoms with E-state index in [0.717, 1.165) is 17.7 Å². The van der Waals surface area contributed by atoms with Gasteiger partial charge in [-0.3, -0.25) is 9.59 Å². The van der Waals surface area contributed by atoms with E-state index < -0.39 is 23.5 Å². The van der Waals surface area contributed by atoms with Gasteiger partial charge in [-0.25, -0.2) is 8.78 Å². The van der Waals surface area contributed by atoms with Crippen molar-refractivity contribution in [3.8, 4) is 5.75 Å². The van der Waals surface area contributed by atoms with Crippen molar-refractivity contribution >= 4 is 11.9 Å². The molecule has 7 heteroatoms. The summed E-state index contributed by atoms with van der Waals surface area (Å²) in [6.45, 7) is 1.53. The number of nitrogens with zero attached hydrogens (tertiary/aromatic N) is 1. The van der Waals surface area contributed by atoms with Crippen molar-refractivity contribution < 1.29 is 28.2 Å². The van der Waals surface area contributed by atoms with E-state index in [1.165, 1.54) is 11.0 Å². The summed E-state index contributed by atoms with van der Waals surface area (Å²) in [4.78, 5) is 24.4. The predicted octanol–water partition coefficient (Wildman–Crippen LogP) is 3.16. The Bertz CT molecular complexity index is 778. The smallest absolute Gasteiger partial charge is 0.305 e. The van der Waals surface area contributed by atoms with Gasteiger partial charge in [0, 0.05) is 13.1 Å². The van der Waals surface area contributed by atoms with Crippen LogP contribution < -0.4 is 4.74 Å². The molecule has 5 nitrogen and oxygen atoms in total. The van der Waals surface area contributed by atoms with Crippen LogP contribution in [0.15, 0.2) is 42.5 Å². The summed E-state index contributed by atoms with van der Waals surface area (Å²) in [5.41, 5.74) is 1.41. The van der Waals surface area contributed by atoms with Crippen molar-refractivity contribution in [3.05, 3.63) is 65.2 Å². The normalized spacial score (nSPS) is 10.4. The van der Waals surface area contributed by atoms with Crippen LogP contribution in [0.4, 0.5) is 8.78 Å². The fraction of sp³-hybridized carbons (Fsp3) is 0.263. The minimum absolute atomic E-state index is 0.0411. The summed E-state index contributed by atoms with van der Waals surface area (Å²) in [6, 6.07) is 10.4. The molecule has 0 atom stereocenters. The van der Waals surface area contributed by atoms with Crippen molar-refractivity contribution in [1.82, 2.24) is 4.90 Å². The maximum absolute atomic E-state index is 13.3. The van der Waals surface area contributed by atoms with E-state index in [0.29, 0.717) is 11.3 Å². The van der Waals surface area contributed by atoms with Crippen LogP contribution in [-0.2, 0) is 16.1 Å². The number of benzene rings is 2. The molecule has 0 saturated carbocycles. The van der Waals surface area contributed by atoms with Crippen LogP contribution in [0.2, 0.25) is 0 Å². The first-order valence-electron chi connectivity index (χ1n) is 7.98. The second kappa shape index (κ2) is 8.94. The molecule has 2 rings (SSSR count). The van der Waals surface area contributed by atoms with E-state index in [-0.39, 0.29) is 26.1 Å². The number of hydrogen-bond acceptors (Lipinski definition) is 3. The topological polar surface area (TPSA) is 66.8 Å². The van der Waals surface area contributed by atoms with Crippen LogP contribution in [0, 0.1) is 18.6 Å². The highest BCUT2D eigenvalue weighted by molar-refractivity contribution is 5.78. The first kappa shape index (κ1) is 19.4. The third-order valence-electron chi connectivity index (χ3n) is 3.69. The van der Waals surface area contributed by atoms with Gasteiger partial charge in [0.1, 0.15) is 5.75 Å². The number of aliphatic carboxylic acids is 1. The number of rotatable bonds is 8. The van der Waals surface area contributed by atoms with Gasteiger partial charge in [0.15, 0.2) is 18.2 Å². The summed E-state index contributed by atoms with van der Waals surface area (Å²) in [6.07, 6.45) is -0.264. The molecule has 1 N–H and O–H groups in total. The molecule has 0 saturated heterocycles. The Labute approximate surface area is 149 Å². The number of carbonyl (C=O) groups excluding carboxylic acids is 1. The van der Waals surface area contributed by atoms with E-state index in [4.69, 9.17) is 9.84 Å². The van der Waals surface area contributed by atoms with Crippen LogP contribution in [0.1, 0.15) is 17.5 Å². The van der Waals surface area contributed by atoms with Crippen LogP contribution in [0.5, 0.6) is 5.75 Å². The summed E-state index contributed by atoms with van der Waals surface area (Å²) < 4.78 is 31.8. The zero-order chi connectivity index (χ0) is 19.1. The quantitative estimate of drug-likeness (QED) is 0.782. The van der Waals surface area contributed by atoms with Crippen molar-refractivity contribution in [2.24, 2.45) is 0 Å². The number of aryl methyl sites for hydroxylation is 1. The fourth-order valence-electron chi connectivity index (χ4n) is 2.25. The molecule has 1 amide bonds. The third kappa shape index (κ3) is 5.84. The van der Waals surface area contributed by atoms with Crippen molar-refractivity contribution in [2.45, 2.75) is 19.9 Å². The number of carbonyl (C=O) groups is 2. The molecule has 0 unspecified atom stereocenters. The number of halogens is 2. The summed E-state index contributed by atoms with van der Waals surface area (Å²) in [5, 5.41) is 8.85. The van der Waals surface area contributed by atoms with Gasteiger partial charge in [-0.05, 0) is 36.8 Å². The molecule has 0 aliphatic heterocycles. The van der Waals surface area contributed by atoms with Crippen molar-refractivity contribution in [2.75, 3.05) is 13.2 Å². The molecule has 0 spiro atoms. The second-order valence-electron chi connectivity index (χ2n) is 5.81. The maximum Gasteiger partial charge on any atom is 0.305 e. The van der Waals surface area contributed by atoms with E-state index in [1.807, 2.05) is 19.1 Å². The number of ether oxygens (including phenoxy) is 1. The Morgan fingerprint density at radius 2 is 1.77 bits per heavy atom. The number of hydrogen-bond donors (Lipinski definition) is 1. The largest absolute Gasteiger partial charge is 0.484 e. The molecule has 0 aliphatic carbocycles. The van der Waals surface area contributed by atoms with Gasteiger partial charge in [0.25, 0.3) is 5.91 Å². The minimum Gasteiger partial charge on any atom is -0.484 e. The standard InChI is InChI=1S/C19H19F2NO4/c1-13-2-5-15(6-3-13)26-12-18(23)22(9-8-19(24)25)11-14-4-7-16(20)17(21)10-14/h2-7,10H,8-9,11-12H2,1H3,(H,24,25). The highest BCUT2D eigenvalue weighted by Gasteiger charge is 2.17. The molecule has 26 heavy (non-hydrogen) atoms. The molecular weight excluding hydrogens is 344 g/mol. The first-order valence-corrected chi connectivity index (χ1v) is 7.98. The Morgan fingerprint density at radius 1 is 1.08 bits per heavy atom. The van der Waals surface area contributed by atoms with E-state index in [1.54, 1.807) is 12.1 Å². The molecular formula is C19H19F2NO4. The molecule has 138 valence electrons. The summed E-state index contributed by atoms with van der Waals surface area (Å²) in [5.74, 6) is -3.01. The van der Waals surface area contributed by atoms with Gasteiger partial charge < -0.3 is 14.7 Å². The van der Waals surface area contributed by atoms with Gasteiger partial charge >= 0.3 is 5.97 Å². The highest BCUT2D eigenvalue weighted by atomic mass is 19.2. The summed E-state index contributed by atoms with van der Waals surface area (Å²) >= 11 is 0. The molecule has 0 aliphatic rings. The van der Waals surface area contributed by atoms with E-state index in [9.17, 15) is 18.4 Å². The first-order chi connectivity index (χ1) is 12.3. The van der Waals surface area contributed by atoms with Gasteiger partial charge in [-0.1, -0.05) is 23.8 Å². The SMILES string of the molecule is Cc1ccc(OCC(=O)N(CCC(=O)O)Cc2ccc(F)c(F)c2)cc1. The lowest BCUT2D eigenvalue weighted by Crippen LogP contribution is -2.36. The lowest BCUT2D eigenvalue weighted by atomic mass is 10.2. The zero-order valence-electron chi connectivity index (χ0n) is 14.2. The molecule has 2 aromatic rings. The molecule has 0 fully saturated rings. The van der Waals surface area contributed by atoms with Gasteiger partial charge in [0.05, 0.1) is 6.42 Å². The average molecular weight is 363 g/mol. The second-order valence-corrected chi connectivity index (χ2v) is 5.81. The monoisotopic (exact) mass is 363 g/mol. The highest BCUT2D eigenvalue weighted by Crippen LogP contribution is 2.14. The molecule has 2 aromatic carbocycles. The Kier molecular flexibility index (Phi) is 6.66. The lowest BCUT2D eigenvalue weighted by molar-refractivity contribution is -0.139. The predicted molar refractivity (Wildman–Crippen MR) is 90.7 cm³/mol. The average Bonchev–Trinajstić information content (AvgIpc) is 2.60. The molecule has 0 radical (unpaired) electrons. The summed E-state index contributed by atoms with van der Waals surface area (Å²) in [7, 11) is 0. The fourth-order valence-corrected chi connectivity index (χ4v) is 2.25. The maximum atomic E-state index is 13.3. The Morgan fingerprint density at radius 3 is 2.38 bits per heavy atom. The molecule has 0 heterocycles. The lowest BCUT2D eigenvalue weighted by Gasteiger charge is -2.22. The number of amides is 1. The molecule has 0 aromatic heterocycles. The van der Waals surface area contributed by atoms with Crippen LogP contribution in [0.3, 0.4) is 0 Å². The van der Waals surface area contributed by atoms with Crippen molar-refractivity contribution in [1.29, 1.82) is 0 Å².